The Morgan fingerprint density at radius 1 is 0.292 bits per heavy atom. The molecule has 0 saturated carbocycles. The molecule has 1 atom stereocenters. The van der Waals surface area contributed by atoms with E-state index >= 15 is 0 Å². The zero-order chi connectivity index (χ0) is 47.5. The maximum absolute atomic E-state index is 12.8. The van der Waals surface area contributed by atoms with Crippen molar-refractivity contribution in [1.82, 2.24) is 0 Å². The van der Waals surface area contributed by atoms with Crippen molar-refractivity contribution in [2.45, 2.75) is 336 Å². The Morgan fingerprint density at radius 3 is 0.754 bits per heavy atom. The normalized spacial score (nSPS) is 12.0. The number of hydrogen-bond donors (Lipinski definition) is 0. The molecule has 0 radical (unpaired) electrons. The van der Waals surface area contributed by atoms with Crippen molar-refractivity contribution in [3.05, 3.63) is 0 Å². The molecule has 65 heavy (non-hydrogen) atoms. The fourth-order valence-corrected chi connectivity index (χ4v) is 9.05. The first kappa shape index (κ1) is 63.4. The zero-order valence-electron chi connectivity index (χ0n) is 44.6. The first-order valence-corrected chi connectivity index (χ1v) is 29.2. The molecule has 0 saturated heterocycles. The van der Waals surface area contributed by atoms with Crippen LogP contribution in [0.2, 0.25) is 0 Å². The fourth-order valence-electron chi connectivity index (χ4n) is 9.05. The number of carbonyl (C=O) groups is 3. The highest BCUT2D eigenvalue weighted by Crippen LogP contribution is 2.18. The molecular formula is C59H114O6. The molecule has 0 aliphatic heterocycles. The average molecular weight is 920 g/mol. The zero-order valence-corrected chi connectivity index (χ0v) is 44.6. The molecule has 0 aliphatic carbocycles. The van der Waals surface area contributed by atoms with Crippen LogP contribution < -0.4 is 0 Å². The molecule has 6 heteroatoms. The quantitative estimate of drug-likeness (QED) is 0.0344. The van der Waals surface area contributed by atoms with Crippen molar-refractivity contribution < 1.29 is 28.6 Å². The number of hydrogen-bond acceptors (Lipinski definition) is 6. The molecule has 0 aromatic heterocycles. The van der Waals surface area contributed by atoms with Gasteiger partial charge in [-0.15, -0.1) is 0 Å². The van der Waals surface area contributed by atoms with Gasteiger partial charge in [0.05, 0.1) is 0 Å². The summed E-state index contributed by atoms with van der Waals surface area (Å²) < 4.78 is 16.8. The summed E-state index contributed by atoms with van der Waals surface area (Å²) in [5.41, 5.74) is 0. The number of rotatable bonds is 53. The lowest BCUT2D eigenvalue weighted by Crippen LogP contribution is -2.30. The minimum absolute atomic E-state index is 0.0630. The minimum atomic E-state index is -0.761. The Hall–Kier alpha value is -1.59. The highest BCUT2D eigenvalue weighted by atomic mass is 16.6. The predicted octanol–water partition coefficient (Wildman–Crippen LogP) is 19.3. The number of esters is 3. The van der Waals surface area contributed by atoms with Crippen LogP contribution in [0.1, 0.15) is 330 Å². The first-order valence-electron chi connectivity index (χ1n) is 29.2. The maximum atomic E-state index is 12.8. The van der Waals surface area contributed by atoms with E-state index < -0.39 is 6.10 Å². The van der Waals surface area contributed by atoms with Crippen molar-refractivity contribution in [2.24, 2.45) is 11.8 Å². The first-order chi connectivity index (χ1) is 31.7. The molecular weight excluding hydrogens is 805 g/mol. The highest BCUT2D eigenvalue weighted by molar-refractivity contribution is 5.71. The van der Waals surface area contributed by atoms with E-state index in [0.29, 0.717) is 19.3 Å². The second-order valence-corrected chi connectivity index (χ2v) is 21.2. The summed E-state index contributed by atoms with van der Waals surface area (Å²) in [6.07, 6.45) is 55.5. The molecule has 0 aromatic carbocycles. The summed E-state index contributed by atoms with van der Waals surface area (Å²) in [5.74, 6) is 0.865. The summed E-state index contributed by atoms with van der Waals surface area (Å²) in [4.78, 5) is 38.0. The van der Waals surface area contributed by atoms with Crippen LogP contribution in [0.25, 0.3) is 0 Å². The van der Waals surface area contributed by atoms with Crippen molar-refractivity contribution in [3.8, 4) is 0 Å². The van der Waals surface area contributed by atoms with Crippen molar-refractivity contribution in [2.75, 3.05) is 13.2 Å². The Bertz CT molecular complexity index is 993. The van der Waals surface area contributed by atoms with Crippen molar-refractivity contribution in [3.63, 3.8) is 0 Å². The fraction of sp³-hybridized carbons (Fsp3) is 0.949. The topological polar surface area (TPSA) is 78.9 Å². The minimum Gasteiger partial charge on any atom is -0.462 e. The van der Waals surface area contributed by atoms with Gasteiger partial charge in [-0.1, -0.05) is 291 Å². The van der Waals surface area contributed by atoms with Gasteiger partial charge in [-0.2, -0.15) is 0 Å². The second-order valence-electron chi connectivity index (χ2n) is 21.2. The third kappa shape index (κ3) is 53.2. The molecule has 386 valence electrons. The predicted molar refractivity (Wildman–Crippen MR) is 280 cm³/mol. The van der Waals surface area contributed by atoms with Crippen molar-refractivity contribution in [1.29, 1.82) is 0 Å². The van der Waals surface area contributed by atoms with Crippen LogP contribution in [0.4, 0.5) is 0 Å². The van der Waals surface area contributed by atoms with Crippen LogP contribution >= 0.6 is 0 Å². The molecule has 0 N–H and O–H groups in total. The van der Waals surface area contributed by atoms with Crippen LogP contribution in [0.5, 0.6) is 0 Å². The van der Waals surface area contributed by atoms with Gasteiger partial charge in [-0.3, -0.25) is 14.4 Å². The van der Waals surface area contributed by atoms with Gasteiger partial charge in [0, 0.05) is 19.3 Å². The van der Waals surface area contributed by atoms with E-state index in [2.05, 4.69) is 34.6 Å². The van der Waals surface area contributed by atoms with Crippen LogP contribution in [-0.2, 0) is 28.6 Å². The SMILES string of the molecule is CCCCCCCCCC(=O)OC[C@@H](COC(=O)CCCCCCCCCCCCCCCCCCCCC(C)C)OC(=O)CCCCCCCCCCCCCCCCCCC(C)C. The van der Waals surface area contributed by atoms with E-state index in [4.69, 9.17) is 14.2 Å². The van der Waals surface area contributed by atoms with Gasteiger partial charge < -0.3 is 14.2 Å². The highest BCUT2D eigenvalue weighted by Gasteiger charge is 2.19. The van der Waals surface area contributed by atoms with Gasteiger partial charge in [0.2, 0.25) is 0 Å². The second kappa shape index (κ2) is 51.8. The Kier molecular flexibility index (Phi) is 50.5. The van der Waals surface area contributed by atoms with Crippen LogP contribution in [0, 0.1) is 11.8 Å². The largest absolute Gasteiger partial charge is 0.462 e. The molecule has 0 fully saturated rings. The molecule has 0 rings (SSSR count). The van der Waals surface area contributed by atoms with E-state index in [1.54, 1.807) is 0 Å². The molecule has 0 heterocycles. The summed E-state index contributed by atoms with van der Waals surface area (Å²) in [7, 11) is 0. The van der Waals surface area contributed by atoms with Crippen molar-refractivity contribution >= 4 is 17.9 Å². The Morgan fingerprint density at radius 2 is 0.508 bits per heavy atom. The molecule has 0 bridgehead atoms. The van der Waals surface area contributed by atoms with Gasteiger partial charge in [-0.25, -0.2) is 0 Å². The lowest BCUT2D eigenvalue weighted by molar-refractivity contribution is -0.167. The Labute approximate surface area is 406 Å². The van der Waals surface area contributed by atoms with Crippen LogP contribution in [0.15, 0.2) is 0 Å². The smallest absolute Gasteiger partial charge is 0.306 e. The number of ether oxygens (including phenoxy) is 3. The standard InChI is InChI=1S/C59H114O6/c1-6-7-8-9-32-39-44-49-57(60)63-52-56(65-59(62)51-46-41-36-31-27-23-19-15-14-17-21-25-29-34-38-43-48-55(4)5)53-64-58(61)50-45-40-35-30-26-22-18-13-11-10-12-16-20-24-28-33-37-42-47-54(2)3/h54-56H,6-53H2,1-5H3/t56-/m0/s1. The number of carbonyl (C=O) groups excluding carboxylic acids is 3. The van der Waals surface area contributed by atoms with Crippen LogP contribution in [-0.4, -0.2) is 37.2 Å². The average Bonchev–Trinajstić information content (AvgIpc) is 3.28. The summed E-state index contributed by atoms with van der Waals surface area (Å²) >= 11 is 0. The lowest BCUT2D eigenvalue weighted by Gasteiger charge is -2.18. The van der Waals surface area contributed by atoms with Gasteiger partial charge in [0.1, 0.15) is 13.2 Å². The van der Waals surface area contributed by atoms with Gasteiger partial charge in [-0.05, 0) is 31.1 Å². The van der Waals surface area contributed by atoms with E-state index in [1.165, 1.54) is 218 Å². The molecule has 0 unspecified atom stereocenters. The summed E-state index contributed by atoms with van der Waals surface area (Å²) in [5, 5.41) is 0. The molecule has 0 spiro atoms. The summed E-state index contributed by atoms with van der Waals surface area (Å²) in [6, 6.07) is 0. The van der Waals surface area contributed by atoms with E-state index in [9.17, 15) is 14.4 Å². The Balaban J connectivity index is 4.11. The number of unbranched alkanes of at least 4 members (excludes halogenated alkanes) is 38. The van der Waals surface area contributed by atoms with E-state index in [0.717, 1.165) is 69.6 Å². The molecule has 0 amide bonds. The van der Waals surface area contributed by atoms with Gasteiger partial charge >= 0.3 is 17.9 Å². The van der Waals surface area contributed by atoms with E-state index in [1.807, 2.05) is 0 Å². The molecule has 0 aliphatic rings. The van der Waals surface area contributed by atoms with Crippen LogP contribution in [0.3, 0.4) is 0 Å². The lowest BCUT2D eigenvalue weighted by atomic mass is 10.0. The molecule has 0 aromatic rings. The van der Waals surface area contributed by atoms with E-state index in [-0.39, 0.29) is 31.1 Å². The third-order valence-corrected chi connectivity index (χ3v) is 13.5. The monoisotopic (exact) mass is 919 g/mol. The maximum Gasteiger partial charge on any atom is 0.306 e. The third-order valence-electron chi connectivity index (χ3n) is 13.5. The summed E-state index contributed by atoms with van der Waals surface area (Å²) in [6.45, 7) is 11.4. The van der Waals surface area contributed by atoms with Gasteiger partial charge in [0.15, 0.2) is 6.10 Å². The molecule has 6 nitrogen and oxygen atoms in total. The van der Waals surface area contributed by atoms with Gasteiger partial charge in [0.25, 0.3) is 0 Å².